The molecule has 0 amide bonds. The van der Waals surface area contributed by atoms with E-state index in [1.807, 2.05) is 18.4 Å². The van der Waals surface area contributed by atoms with Gasteiger partial charge in [-0.25, -0.2) is 9.97 Å². The molecule has 0 aromatic carbocycles. The standard InChI is InChI=1S/C18H27N5S2.HI/c1-12-15(24-13(2)21-12)9-10-20-18(19-3)23(4)11-17-22-14-7-5-6-8-16(14)25-17;/h5-11H2,1-4H3,(H,19,20);1H. The van der Waals surface area contributed by atoms with Gasteiger partial charge >= 0.3 is 0 Å². The van der Waals surface area contributed by atoms with Crippen LogP contribution in [0.1, 0.15) is 44.0 Å². The highest BCUT2D eigenvalue weighted by molar-refractivity contribution is 14.0. The number of hydrogen-bond donors (Lipinski definition) is 1. The first-order valence-corrected chi connectivity index (χ1v) is 10.5. The molecule has 8 heteroatoms. The minimum Gasteiger partial charge on any atom is -0.356 e. The number of aliphatic imine (C=N–C) groups is 1. The van der Waals surface area contributed by atoms with Gasteiger partial charge in [0.05, 0.1) is 22.9 Å². The largest absolute Gasteiger partial charge is 0.356 e. The molecule has 0 aliphatic heterocycles. The summed E-state index contributed by atoms with van der Waals surface area (Å²) in [6, 6.07) is 0. The van der Waals surface area contributed by atoms with Crippen LogP contribution in [0.2, 0.25) is 0 Å². The summed E-state index contributed by atoms with van der Waals surface area (Å²) >= 11 is 3.66. The van der Waals surface area contributed by atoms with Crippen LogP contribution in [0.4, 0.5) is 0 Å². The third-order valence-electron chi connectivity index (χ3n) is 4.47. The van der Waals surface area contributed by atoms with Crippen LogP contribution in [0.3, 0.4) is 0 Å². The van der Waals surface area contributed by atoms with Crippen molar-refractivity contribution in [1.82, 2.24) is 20.2 Å². The van der Waals surface area contributed by atoms with E-state index in [1.54, 1.807) is 11.3 Å². The summed E-state index contributed by atoms with van der Waals surface area (Å²) in [6.45, 7) is 5.84. The van der Waals surface area contributed by atoms with E-state index in [-0.39, 0.29) is 24.0 Å². The Labute approximate surface area is 181 Å². The highest BCUT2D eigenvalue weighted by atomic mass is 127. The number of nitrogens with one attached hydrogen (secondary N) is 1. The first-order chi connectivity index (χ1) is 12.1. The normalized spacial score (nSPS) is 13.9. The van der Waals surface area contributed by atoms with Gasteiger partial charge in [0.25, 0.3) is 0 Å². The molecule has 0 atom stereocenters. The number of nitrogens with zero attached hydrogens (tertiary/aromatic N) is 4. The first-order valence-electron chi connectivity index (χ1n) is 8.89. The van der Waals surface area contributed by atoms with Crippen LogP contribution in [0.25, 0.3) is 0 Å². The molecule has 0 spiro atoms. The van der Waals surface area contributed by atoms with Gasteiger partial charge in [-0.15, -0.1) is 46.7 Å². The van der Waals surface area contributed by atoms with Crippen LogP contribution in [-0.2, 0) is 25.8 Å². The number of aromatic nitrogens is 2. The fourth-order valence-electron chi connectivity index (χ4n) is 3.23. The van der Waals surface area contributed by atoms with E-state index in [1.165, 1.54) is 39.7 Å². The summed E-state index contributed by atoms with van der Waals surface area (Å²) in [6.07, 6.45) is 5.93. The molecule has 0 radical (unpaired) electrons. The van der Waals surface area contributed by atoms with Crippen LogP contribution >= 0.6 is 46.7 Å². The molecule has 3 rings (SSSR count). The van der Waals surface area contributed by atoms with Crippen molar-refractivity contribution in [2.45, 2.75) is 52.5 Å². The monoisotopic (exact) mass is 505 g/mol. The summed E-state index contributed by atoms with van der Waals surface area (Å²) < 4.78 is 0. The Morgan fingerprint density at radius 2 is 1.96 bits per heavy atom. The first kappa shape index (κ1) is 21.6. The molecule has 1 aliphatic rings. The number of guanidine groups is 1. The van der Waals surface area contributed by atoms with Gasteiger partial charge in [0.2, 0.25) is 0 Å². The third-order valence-corrected chi connectivity index (χ3v) is 6.75. The van der Waals surface area contributed by atoms with E-state index >= 15 is 0 Å². The molecule has 0 bridgehead atoms. The van der Waals surface area contributed by atoms with Gasteiger partial charge in [-0.05, 0) is 39.5 Å². The summed E-state index contributed by atoms with van der Waals surface area (Å²) in [5.41, 5.74) is 2.49. The average molecular weight is 505 g/mol. The Morgan fingerprint density at radius 1 is 1.19 bits per heavy atom. The van der Waals surface area contributed by atoms with Crippen LogP contribution in [0.15, 0.2) is 4.99 Å². The van der Waals surface area contributed by atoms with Crippen molar-refractivity contribution in [1.29, 1.82) is 0 Å². The number of halogens is 1. The van der Waals surface area contributed by atoms with Crippen LogP contribution in [0.5, 0.6) is 0 Å². The van der Waals surface area contributed by atoms with E-state index in [9.17, 15) is 0 Å². The number of aryl methyl sites for hydroxylation is 4. The lowest BCUT2D eigenvalue weighted by Crippen LogP contribution is -2.39. The van der Waals surface area contributed by atoms with E-state index in [2.05, 4.69) is 41.1 Å². The van der Waals surface area contributed by atoms with Crippen molar-refractivity contribution in [2.24, 2.45) is 4.99 Å². The van der Waals surface area contributed by atoms with E-state index in [0.717, 1.165) is 42.6 Å². The molecule has 2 aromatic heterocycles. The van der Waals surface area contributed by atoms with Crippen LogP contribution in [0, 0.1) is 13.8 Å². The molecule has 5 nitrogen and oxygen atoms in total. The average Bonchev–Trinajstić information content (AvgIpc) is 3.13. The van der Waals surface area contributed by atoms with Crippen molar-refractivity contribution in [2.75, 3.05) is 20.6 Å². The molecule has 1 aliphatic carbocycles. The van der Waals surface area contributed by atoms with Gasteiger partial charge < -0.3 is 10.2 Å². The lowest BCUT2D eigenvalue weighted by molar-refractivity contribution is 0.475. The lowest BCUT2D eigenvalue weighted by atomic mass is 10.0. The van der Waals surface area contributed by atoms with Gasteiger partial charge in [-0.2, -0.15) is 0 Å². The van der Waals surface area contributed by atoms with Gasteiger partial charge in [-0.1, -0.05) is 0 Å². The smallest absolute Gasteiger partial charge is 0.193 e. The second-order valence-electron chi connectivity index (χ2n) is 6.51. The molecule has 2 heterocycles. The molecule has 0 fully saturated rings. The fourth-order valence-corrected chi connectivity index (χ4v) is 5.38. The molecule has 26 heavy (non-hydrogen) atoms. The Morgan fingerprint density at radius 3 is 2.62 bits per heavy atom. The third kappa shape index (κ3) is 5.39. The molecule has 0 unspecified atom stereocenters. The summed E-state index contributed by atoms with van der Waals surface area (Å²) in [5.74, 6) is 0.923. The maximum Gasteiger partial charge on any atom is 0.193 e. The Bertz CT molecular complexity index is 729. The van der Waals surface area contributed by atoms with Crippen molar-refractivity contribution in [3.05, 3.63) is 31.2 Å². The molecule has 2 aromatic rings. The summed E-state index contributed by atoms with van der Waals surface area (Å²) in [7, 11) is 3.92. The van der Waals surface area contributed by atoms with E-state index in [4.69, 9.17) is 4.98 Å². The second kappa shape index (κ2) is 9.98. The Balaban J connectivity index is 0.00000243. The quantitative estimate of drug-likeness (QED) is 0.380. The van der Waals surface area contributed by atoms with Gasteiger partial charge in [0.1, 0.15) is 5.01 Å². The lowest BCUT2D eigenvalue weighted by Gasteiger charge is -2.21. The van der Waals surface area contributed by atoms with E-state index in [0.29, 0.717) is 0 Å². The molecule has 0 saturated carbocycles. The summed E-state index contributed by atoms with van der Waals surface area (Å²) in [4.78, 5) is 18.8. The Hall–Kier alpha value is -0.740. The van der Waals surface area contributed by atoms with E-state index < -0.39 is 0 Å². The molecule has 144 valence electrons. The topological polar surface area (TPSA) is 53.4 Å². The van der Waals surface area contributed by atoms with Crippen molar-refractivity contribution < 1.29 is 0 Å². The number of thiazole rings is 2. The zero-order valence-electron chi connectivity index (χ0n) is 16.0. The molecular formula is C18H28IN5S2. The second-order valence-corrected chi connectivity index (χ2v) is 8.96. The zero-order chi connectivity index (χ0) is 17.8. The number of hydrogen-bond acceptors (Lipinski definition) is 5. The number of rotatable bonds is 5. The minimum absolute atomic E-state index is 0. The zero-order valence-corrected chi connectivity index (χ0v) is 19.9. The predicted octanol–water partition coefficient (Wildman–Crippen LogP) is 3.96. The van der Waals surface area contributed by atoms with Crippen molar-refractivity contribution in [3.8, 4) is 0 Å². The highest BCUT2D eigenvalue weighted by Crippen LogP contribution is 2.27. The van der Waals surface area contributed by atoms with Crippen LogP contribution in [-0.4, -0.2) is 41.5 Å². The minimum atomic E-state index is 0. The number of fused-ring (bicyclic) bond motifs is 1. The molecular weight excluding hydrogens is 477 g/mol. The summed E-state index contributed by atoms with van der Waals surface area (Å²) in [5, 5.41) is 5.81. The molecule has 0 saturated heterocycles. The predicted molar refractivity (Wildman–Crippen MR) is 122 cm³/mol. The van der Waals surface area contributed by atoms with Crippen molar-refractivity contribution >= 4 is 52.6 Å². The maximum atomic E-state index is 4.84. The van der Waals surface area contributed by atoms with Gasteiger partial charge in [0, 0.05) is 36.8 Å². The maximum absolute atomic E-state index is 4.84. The van der Waals surface area contributed by atoms with Gasteiger partial charge in [-0.3, -0.25) is 4.99 Å². The van der Waals surface area contributed by atoms with Gasteiger partial charge in [0.15, 0.2) is 5.96 Å². The van der Waals surface area contributed by atoms with Crippen molar-refractivity contribution in [3.63, 3.8) is 0 Å². The fraction of sp³-hybridized carbons (Fsp3) is 0.611. The molecule has 1 N–H and O–H groups in total. The SMILES string of the molecule is CN=C(NCCc1sc(C)nc1C)N(C)Cc1nc2c(s1)CCCC2.I. The Kier molecular flexibility index (Phi) is 8.28. The highest BCUT2D eigenvalue weighted by Gasteiger charge is 2.17. The van der Waals surface area contributed by atoms with Crippen LogP contribution < -0.4 is 5.32 Å².